The predicted molar refractivity (Wildman–Crippen MR) is 90.7 cm³/mol. The number of hydrogen-bond donors (Lipinski definition) is 2. The zero-order chi connectivity index (χ0) is 17.2. The standard InChI is InChI=1S/C15H24ClN5O2/c1-9-5-6-10(18-14(22)23-15(2,3)4)8-21(9)12-7-11(16)19-13(17)20-12/h7,9-10H,5-6,8H2,1-4H3,(H,18,22)(H2,17,19,20). The Morgan fingerprint density at radius 3 is 2.74 bits per heavy atom. The highest BCUT2D eigenvalue weighted by Crippen LogP contribution is 2.25. The van der Waals surface area contributed by atoms with Gasteiger partial charge in [-0.2, -0.15) is 4.98 Å². The fourth-order valence-electron chi connectivity index (χ4n) is 2.59. The molecule has 0 spiro atoms. The monoisotopic (exact) mass is 341 g/mol. The Kier molecular flexibility index (Phi) is 5.19. The molecule has 1 aliphatic rings. The number of nitrogens with one attached hydrogen (secondary N) is 1. The van der Waals surface area contributed by atoms with E-state index in [1.807, 2.05) is 20.8 Å². The van der Waals surface area contributed by atoms with Crippen LogP contribution in [0.15, 0.2) is 6.07 Å². The molecule has 0 saturated carbocycles. The average molecular weight is 342 g/mol. The highest BCUT2D eigenvalue weighted by atomic mass is 35.5. The third kappa shape index (κ3) is 5.13. The molecular formula is C15H24ClN5O2. The van der Waals surface area contributed by atoms with E-state index in [1.54, 1.807) is 6.07 Å². The molecule has 1 saturated heterocycles. The molecule has 1 amide bonds. The first-order valence-electron chi connectivity index (χ1n) is 7.70. The molecule has 0 aromatic carbocycles. The molecule has 7 nitrogen and oxygen atoms in total. The third-order valence-corrected chi connectivity index (χ3v) is 3.79. The van der Waals surface area contributed by atoms with Gasteiger partial charge in [0.15, 0.2) is 0 Å². The van der Waals surface area contributed by atoms with Gasteiger partial charge in [-0.05, 0) is 40.5 Å². The number of hydrogen-bond acceptors (Lipinski definition) is 6. The number of ether oxygens (including phenoxy) is 1. The minimum absolute atomic E-state index is 0.0176. The van der Waals surface area contributed by atoms with Crippen molar-refractivity contribution in [1.29, 1.82) is 0 Å². The number of nitrogens with zero attached hydrogens (tertiary/aromatic N) is 3. The number of carbonyl (C=O) groups excluding carboxylic acids is 1. The summed E-state index contributed by atoms with van der Waals surface area (Å²) in [6.07, 6.45) is 1.39. The summed E-state index contributed by atoms with van der Waals surface area (Å²) in [5.74, 6) is 0.813. The number of amides is 1. The second-order valence-electron chi connectivity index (χ2n) is 6.83. The highest BCUT2D eigenvalue weighted by molar-refractivity contribution is 6.29. The van der Waals surface area contributed by atoms with E-state index in [2.05, 4.69) is 27.1 Å². The first-order valence-corrected chi connectivity index (χ1v) is 8.08. The quantitative estimate of drug-likeness (QED) is 0.803. The van der Waals surface area contributed by atoms with Gasteiger partial charge in [-0.15, -0.1) is 0 Å². The number of carbonyl (C=O) groups is 1. The van der Waals surface area contributed by atoms with Crippen LogP contribution in [-0.4, -0.2) is 40.3 Å². The molecule has 0 bridgehead atoms. The van der Waals surface area contributed by atoms with Gasteiger partial charge in [0.05, 0.1) is 0 Å². The molecule has 1 aliphatic heterocycles. The van der Waals surface area contributed by atoms with Gasteiger partial charge < -0.3 is 20.7 Å². The fraction of sp³-hybridized carbons (Fsp3) is 0.667. The van der Waals surface area contributed by atoms with Gasteiger partial charge in [-0.1, -0.05) is 11.6 Å². The largest absolute Gasteiger partial charge is 0.444 e. The van der Waals surface area contributed by atoms with Crippen molar-refractivity contribution in [2.24, 2.45) is 0 Å². The maximum absolute atomic E-state index is 11.9. The van der Waals surface area contributed by atoms with Crippen LogP contribution in [0.2, 0.25) is 5.15 Å². The van der Waals surface area contributed by atoms with Gasteiger partial charge in [0, 0.05) is 24.7 Å². The summed E-state index contributed by atoms with van der Waals surface area (Å²) < 4.78 is 5.31. The zero-order valence-corrected chi connectivity index (χ0v) is 14.7. The maximum atomic E-state index is 11.9. The molecule has 128 valence electrons. The number of piperidine rings is 1. The molecular weight excluding hydrogens is 318 g/mol. The van der Waals surface area contributed by atoms with Crippen molar-refractivity contribution < 1.29 is 9.53 Å². The Morgan fingerprint density at radius 2 is 2.13 bits per heavy atom. The lowest BCUT2D eigenvalue weighted by molar-refractivity contribution is 0.0497. The highest BCUT2D eigenvalue weighted by Gasteiger charge is 2.29. The van der Waals surface area contributed by atoms with Gasteiger partial charge in [-0.25, -0.2) is 9.78 Å². The molecule has 23 heavy (non-hydrogen) atoms. The van der Waals surface area contributed by atoms with Gasteiger partial charge in [-0.3, -0.25) is 0 Å². The number of nitrogen functional groups attached to an aromatic ring is 1. The normalized spacial score (nSPS) is 21.9. The fourth-order valence-corrected chi connectivity index (χ4v) is 2.77. The summed E-state index contributed by atoms with van der Waals surface area (Å²) >= 11 is 5.96. The van der Waals surface area contributed by atoms with Gasteiger partial charge in [0.1, 0.15) is 16.6 Å². The minimum Gasteiger partial charge on any atom is -0.444 e. The molecule has 2 rings (SSSR count). The third-order valence-electron chi connectivity index (χ3n) is 3.60. The van der Waals surface area contributed by atoms with Crippen LogP contribution in [0.5, 0.6) is 0 Å². The van der Waals surface area contributed by atoms with Crippen molar-refractivity contribution in [2.75, 3.05) is 17.2 Å². The van der Waals surface area contributed by atoms with Crippen molar-refractivity contribution in [1.82, 2.24) is 15.3 Å². The van der Waals surface area contributed by atoms with E-state index < -0.39 is 11.7 Å². The Morgan fingerprint density at radius 1 is 1.43 bits per heavy atom. The van der Waals surface area contributed by atoms with Crippen LogP contribution in [0.3, 0.4) is 0 Å². The lowest BCUT2D eigenvalue weighted by Crippen LogP contribution is -2.52. The van der Waals surface area contributed by atoms with Crippen molar-refractivity contribution in [2.45, 2.75) is 58.2 Å². The molecule has 2 heterocycles. The molecule has 1 aromatic heterocycles. The smallest absolute Gasteiger partial charge is 0.407 e. The number of aromatic nitrogens is 2. The molecule has 8 heteroatoms. The number of alkyl carbamates (subject to hydrolysis) is 1. The summed E-state index contributed by atoms with van der Waals surface area (Å²) in [5.41, 5.74) is 5.16. The van der Waals surface area contributed by atoms with E-state index in [4.69, 9.17) is 22.1 Å². The Balaban J connectivity index is 2.05. The second kappa shape index (κ2) is 6.78. The number of rotatable bonds is 2. The van der Waals surface area contributed by atoms with Crippen LogP contribution < -0.4 is 16.0 Å². The van der Waals surface area contributed by atoms with E-state index in [9.17, 15) is 4.79 Å². The van der Waals surface area contributed by atoms with Gasteiger partial charge >= 0.3 is 6.09 Å². The number of halogens is 1. The van der Waals surface area contributed by atoms with Crippen molar-refractivity contribution in [3.8, 4) is 0 Å². The molecule has 2 atom stereocenters. The van der Waals surface area contributed by atoms with E-state index in [0.717, 1.165) is 12.8 Å². The van der Waals surface area contributed by atoms with Crippen LogP contribution in [0.25, 0.3) is 0 Å². The summed E-state index contributed by atoms with van der Waals surface area (Å²) in [4.78, 5) is 22.1. The van der Waals surface area contributed by atoms with Crippen LogP contribution >= 0.6 is 11.6 Å². The molecule has 2 unspecified atom stereocenters. The van der Waals surface area contributed by atoms with Crippen molar-refractivity contribution in [3.05, 3.63) is 11.2 Å². The molecule has 0 radical (unpaired) electrons. The van der Waals surface area contributed by atoms with Crippen molar-refractivity contribution >= 4 is 29.5 Å². The van der Waals surface area contributed by atoms with E-state index in [0.29, 0.717) is 17.5 Å². The molecule has 3 N–H and O–H groups in total. The summed E-state index contributed by atoms with van der Waals surface area (Å²) in [7, 11) is 0. The minimum atomic E-state index is -0.514. The predicted octanol–water partition coefficient (Wildman–Crippen LogP) is 2.59. The summed E-state index contributed by atoms with van der Waals surface area (Å²) in [6.45, 7) is 8.25. The van der Waals surface area contributed by atoms with Crippen LogP contribution in [0.1, 0.15) is 40.5 Å². The van der Waals surface area contributed by atoms with Crippen LogP contribution in [0, 0.1) is 0 Å². The SMILES string of the molecule is CC1CCC(NC(=O)OC(C)(C)C)CN1c1cc(Cl)nc(N)n1. The summed E-state index contributed by atoms with van der Waals surface area (Å²) in [5, 5.41) is 3.22. The zero-order valence-electron chi connectivity index (χ0n) is 14.0. The lowest BCUT2D eigenvalue weighted by atomic mass is 9.99. The number of nitrogens with two attached hydrogens (primary N) is 1. The summed E-state index contributed by atoms with van der Waals surface area (Å²) in [6, 6.07) is 1.94. The molecule has 1 fully saturated rings. The maximum Gasteiger partial charge on any atom is 0.407 e. The van der Waals surface area contributed by atoms with Crippen LogP contribution in [0.4, 0.5) is 16.6 Å². The molecule has 1 aromatic rings. The van der Waals surface area contributed by atoms with Gasteiger partial charge in [0.2, 0.25) is 5.95 Å². The second-order valence-corrected chi connectivity index (χ2v) is 7.22. The van der Waals surface area contributed by atoms with E-state index in [-0.39, 0.29) is 18.0 Å². The first kappa shape index (κ1) is 17.6. The number of anilines is 2. The Bertz CT molecular complexity index is 555. The molecule has 0 aliphatic carbocycles. The Labute approximate surface area is 141 Å². The Hall–Kier alpha value is -1.76. The lowest BCUT2D eigenvalue weighted by Gasteiger charge is -2.39. The topological polar surface area (TPSA) is 93.4 Å². The van der Waals surface area contributed by atoms with E-state index >= 15 is 0 Å². The first-order chi connectivity index (χ1) is 10.6. The van der Waals surface area contributed by atoms with Crippen LogP contribution in [-0.2, 0) is 4.74 Å². The average Bonchev–Trinajstić information content (AvgIpc) is 2.37. The van der Waals surface area contributed by atoms with Crippen molar-refractivity contribution in [3.63, 3.8) is 0 Å². The van der Waals surface area contributed by atoms with E-state index in [1.165, 1.54) is 0 Å². The van der Waals surface area contributed by atoms with Gasteiger partial charge in [0.25, 0.3) is 0 Å².